The van der Waals surface area contributed by atoms with Gasteiger partial charge in [0.2, 0.25) is 0 Å². The van der Waals surface area contributed by atoms with Crippen LogP contribution >= 0.6 is 24.0 Å². The second-order valence-corrected chi connectivity index (χ2v) is 6.49. The van der Waals surface area contributed by atoms with Gasteiger partial charge in [0.15, 0.2) is 5.96 Å². The number of halogens is 1. The summed E-state index contributed by atoms with van der Waals surface area (Å²) < 4.78 is 11.5. The summed E-state index contributed by atoms with van der Waals surface area (Å²) in [5.41, 5.74) is 1.24. The minimum atomic E-state index is 0. The number of hydrogen-bond donors (Lipinski definition) is 2. The largest absolute Gasteiger partial charge is 0.489 e. The third kappa shape index (κ3) is 9.89. The zero-order chi connectivity index (χ0) is 17.2. The lowest BCUT2D eigenvalue weighted by molar-refractivity contribution is 0.123. The lowest BCUT2D eigenvalue weighted by Crippen LogP contribution is -2.42. The Morgan fingerprint density at radius 2 is 1.96 bits per heavy atom. The van der Waals surface area contributed by atoms with E-state index in [2.05, 4.69) is 34.7 Å². The van der Waals surface area contributed by atoms with Crippen LogP contribution in [-0.4, -0.2) is 45.4 Å². The van der Waals surface area contributed by atoms with Gasteiger partial charge >= 0.3 is 0 Å². The van der Waals surface area contributed by atoms with Gasteiger partial charge in [-0.1, -0.05) is 17.7 Å². The van der Waals surface area contributed by atoms with Crippen molar-refractivity contribution in [1.29, 1.82) is 0 Å². The summed E-state index contributed by atoms with van der Waals surface area (Å²) in [5, 5.41) is 6.60. The summed E-state index contributed by atoms with van der Waals surface area (Å²) in [7, 11) is 1.78. The number of ether oxygens (including phenoxy) is 2. The van der Waals surface area contributed by atoms with Gasteiger partial charge in [0.25, 0.3) is 0 Å². The highest BCUT2D eigenvalue weighted by Crippen LogP contribution is 2.28. The molecule has 0 aliphatic heterocycles. The lowest BCUT2D eigenvalue weighted by atomic mass is 10.2. The Kier molecular flexibility index (Phi) is 10.9. The highest BCUT2D eigenvalue weighted by molar-refractivity contribution is 14.0. The normalized spacial score (nSPS) is 15.2. The summed E-state index contributed by atoms with van der Waals surface area (Å²) >= 11 is 0. The average molecular weight is 461 g/mol. The van der Waals surface area contributed by atoms with Gasteiger partial charge in [-0.05, 0) is 51.2 Å². The molecule has 5 nitrogen and oxygen atoms in total. The molecule has 0 spiro atoms. The van der Waals surface area contributed by atoms with Gasteiger partial charge in [-0.25, -0.2) is 0 Å². The Morgan fingerprint density at radius 3 is 2.60 bits per heavy atom. The molecule has 1 aliphatic rings. The highest BCUT2D eigenvalue weighted by atomic mass is 127. The molecule has 2 N–H and O–H groups in total. The first-order valence-corrected chi connectivity index (χ1v) is 8.93. The fraction of sp³-hybridized carbons (Fsp3) is 0.632. The molecule has 25 heavy (non-hydrogen) atoms. The van der Waals surface area contributed by atoms with E-state index in [0.29, 0.717) is 6.54 Å². The van der Waals surface area contributed by atoms with Crippen LogP contribution in [0.3, 0.4) is 0 Å². The van der Waals surface area contributed by atoms with Crippen molar-refractivity contribution in [3.63, 3.8) is 0 Å². The summed E-state index contributed by atoms with van der Waals surface area (Å²) in [6.45, 7) is 7.42. The fourth-order valence-corrected chi connectivity index (χ4v) is 2.27. The molecular formula is C19H32IN3O2. The van der Waals surface area contributed by atoms with Crippen LogP contribution in [0.5, 0.6) is 5.75 Å². The van der Waals surface area contributed by atoms with Crippen molar-refractivity contribution in [3.05, 3.63) is 29.8 Å². The molecule has 0 amide bonds. The number of aryl methyl sites for hydroxylation is 1. The van der Waals surface area contributed by atoms with Crippen LogP contribution in [-0.2, 0) is 4.74 Å². The second kappa shape index (κ2) is 12.4. The quantitative estimate of drug-likeness (QED) is 0.243. The van der Waals surface area contributed by atoms with Crippen LogP contribution in [0.2, 0.25) is 0 Å². The number of nitrogens with one attached hydrogen (secondary N) is 2. The number of aliphatic imine (C=N–C) groups is 1. The highest BCUT2D eigenvalue weighted by Gasteiger charge is 2.20. The molecule has 1 unspecified atom stereocenters. The van der Waals surface area contributed by atoms with Crippen molar-refractivity contribution in [3.8, 4) is 5.75 Å². The first-order chi connectivity index (χ1) is 11.7. The van der Waals surface area contributed by atoms with E-state index in [1.54, 1.807) is 7.05 Å². The first kappa shape index (κ1) is 22.0. The van der Waals surface area contributed by atoms with Crippen LogP contribution in [0, 0.1) is 12.8 Å². The molecule has 0 heterocycles. The number of benzene rings is 1. The molecule has 1 saturated carbocycles. The second-order valence-electron chi connectivity index (χ2n) is 6.49. The molecular weight excluding hydrogens is 429 g/mol. The maximum absolute atomic E-state index is 5.88. The third-order valence-corrected chi connectivity index (χ3v) is 3.95. The van der Waals surface area contributed by atoms with Gasteiger partial charge in [-0.15, -0.1) is 24.0 Å². The topological polar surface area (TPSA) is 54.9 Å². The zero-order valence-electron chi connectivity index (χ0n) is 15.6. The van der Waals surface area contributed by atoms with Gasteiger partial charge in [-0.3, -0.25) is 4.99 Å². The van der Waals surface area contributed by atoms with Gasteiger partial charge in [0, 0.05) is 26.8 Å². The van der Waals surface area contributed by atoms with Crippen LogP contribution in [0.15, 0.2) is 29.3 Å². The van der Waals surface area contributed by atoms with Crippen molar-refractivity contribution in [2.45, 2.75) is 39.2 Å². The predicted molar refractivity (Wildman–Crippen MR) is 114 cm³/mol. The molecule has 0 aromatic heterocycles. The maximum Gasteiger partial charge on any atom is 0.191 e. The molecule has 0 saturated heterocycles. The predicted octanol–water partition coefficient (Wildman–Crippen LogP) is 3.36. The van der Waals surface area contributed by atoms with E-state index in [9.17, 15) is 0 Å². The minimum absolute atomic E-state index is 0. The van der Waals surface area contributed by atoms with Crippen molar-refractivity contribution >= 4 is 29.9 Å². The monoisotopic (exact) mass is 461 g/mol. The Hall–Kier alpha value is -1.02. The standard InChI is InChI=1S/C19H31N3O2.HI/c1-15-5-9-18(10-6-15)24-16(2)13-22-19(20-3)21-11-4-12-23-14-17-7-8-17;/h5-6,9-10,16-17H,4,7-8,11-14H2,1-3H3,(H2,20,21,22);1H. The maximum atomic E-state index is 5.88. The van der Waals surface area contributed by atoms with Gasteiger partial charge < -0.3 is 20.1 Å². The molecule has 1 fully saturated rings. The SMILES string of the molecule is CN=C(NCCCOCC1CC1)NCC(C)Oc1ccc(C)cc1.I. The van der Waals surface area contributed by atoms with E-state index < -0.39 is 0 Å². The van der Waals surface area contributed by atoms with Crippen molar-refractivity contribution in [2.75, 3.05) is 33.4 Å². The Balaban J connectivity index is 0.00000312. The van der Waals surface area contributed by atoms with Crippen LogP contribution in [0.4, 0.5) is 0 Å². The summed E-state index contributed by atoms with van der Waals surface area (Å²) in [6.07, 6.45) is 3.74. The van der Waals surface area contributed by atoms with Crippen molar-refractivity contribution < 1.29 is 9.47 Å². The molecule has 1 aromatic rings. The minimum Gasteiger partial charge on any atom is -0.489 e. The first-order valence-electron chi connectivity index (χ1n) is 8.93. The van der Waals surface area contributed by atoms with Crippen molar-refractivity contribution in [2.24, 2.45) is 10.9 Å². The Labute approximate surface area is 169 Å². The van der Waals surface area contributed by atoms with Crippen molar-refractivity contribution in [1.82, 2.24) is 10.6 Å². The zero-order valence-corrected chi connectivity index (χ0v) is 17.9. The van der Waals surface area contributed by atoms with E-state index in [1.807, 2.05) is 19.1 Å². The number of hydrogen-bond acceptors (Lipinski definition) is 3. The van der Waals surface area contributed by atoms with Crippen LogP contribution < -0.4 is 15.4 Å². The number of guanidine groups is 1. The average Bonchev–Trinajstić information content (AvgIpc) is 3.40. The van der Waals surface area contributed by atoms with Gasteiger partial charge in [0.1, 0.15) is 11.9 Å². The van der Waals surface area contributed by atoms with Crippen LogP contribution in [0.25, 0.3) is 0 Å². The Morgan fingerprint density at radius 1 is 1.24 bits per heavy atom. The van der Waals surface area contributed by atoms with E-state index in [1.165, 1.54) is 18.4 Å². The summed E-state index contributed by atoms with van der Waals surface area (Å²) in [5.74, 6) is 2.53. The van der Waals surface area contributed by atoms with E-state index in [4.69, 9.17) is 9.47 Å². The Bertz CT molecular complexity index is 504. The molecule has 0 bridgehead atoms. The number of nitrogens with zero attached hydrogens (tertiary/aromatic N) is 1. The van der Waals surface area contributed by atoms with Crippen LogP contribution in [0.1, 0.15) is 31.7 Å². The third-order valence-electron chi connectivity index (χ3n) is 3.95. The summed E-state index contributed by atoms with van der Waals surface area (Å²) in [6, 6.07) is 8.11. The molecule has 1 atom stereocenters. The summed E-state index contributed by atoms with van der Waals surface area (Å²) in [4.78, 5) is 4.23. The molecule has 6 heteroatoms. The van der Waals surface area contributed by atoms with Gasteiger partial charge in [0.05, 0.1) is 6.54 Å². The molecule has 142 valence electrons. The van der Waals surface area contributed by atoms with E-state index >= 15 is 0 Å². The molecule has 0 radical (unpaired) electrons. The molecule has 1 aliphatic carbocycles. The van der Waals surface area contributed by atoms with Gasteiger partial charge in [-0.2, -0.15) is 0 Å². The lowest BCUT2D eigenvalue weighted by Gasteiger charge is -2.18. The smallest absolute Gasteiger partial charge is 0.191 e. The molecule has 2 rings (SSSR count). The number of rotatable bonds is 10. The fourth-order valence-electron chi connectivity index (χ4n) is 2.27. The van der Waals surface area contributed by atoms with E-state index in [0.717, 1.165) is 43.8 Å². The van der Waals surface area contributed by atoms with E-state index in [-0.39, 0.29) is 30.1 Å². The molecule has 1 aromatic carbocycles.